The standard InChI is InChI=1S/C20H22F3N7O3/c21-20(22,23)17(32)33-11-30-16(31)14-15(26-18(30)25)27-19(28-8-4-7-13(24)10-28)29(14)9-12-5-2-1-3-6-12/h1-3,5-6,13H,4,7-11,24H2,(H2,25,26). The van der Waals surface area contributed by atoms with E-state index in [4.69, 9.17) is 11.5 Å². The number of hydrogen-bond acceptors (Lipinski definition) is 8. The normalized spacial score (nSPS) is 16.8. The van der Waals surface area contributed by atoms with E-state index < -0.39 is 30.4 Å². The molecular weight excluding hydrogens is 443 g/mol. The topological polar surface area (TPSA) is 134 Å². The number of nitrogen functional groups attached to an aromatic ring is 1. The maximum Gasteiger partial charge on any atom is 0.490 e. The Morgan fingerprint density at radius 1 is 1.18 bits per heavy atom. The highest BCUT2D eigenvalue weighted by Crippen LogP contribution is 2.25. The second-order valence-corrected chi connectivity index (χ2v) is 7.77. The third kappa shape index (κ3) is 4.62. The summed E-state index contributed by atoms with van der Waals surface area (Å²) in [6.07, 6.45) is -3.51. The number of nitrogens with two attached hydrogens (primary N) is 2. The van der Waals surface area contributed by atoms with Crippen LogP contribution in [0.25, 0.3) is 11.2 Å². The number of aromatic nitrogens is 4. The van der Waals surface area contributed by atoms with Crippen molar-refractivity contribution in [3.05, 3.63) is 46.2 Å². The summed E-state index contributed by atoms with van der Waals surface area (Å²) in [6, 6.07) is 9.20. The van der Waals surface area contributed by atoms with Gasteiger partial charge in [-0.1, -0.05) is 30.3 Å². The summed E-state index contributed by atoms with van der Waals surface area (Å²) in [5.41, 5.74) is 12.1. The number of carbonyl (C=O) groups excluding carboxylic acids is 1. The van der Waals surface area contributed by atoms with Gasteiger partial charge in [0.2, 0.25) is 11.9 Å². The minimum atomic E-state index is -5.20. The van der Waals surface area contributed by atoms with Gasteiger partial charge in [-0.2, -0.15) is 23.1 Å². The van der Waals surface area contributed by atoms with E-state index in [-0.39, 0.29) is 23.8 Å². The van der Waals surface area contributed by atoms with Crippen LogP contribution in [0.4, 0.5) is 25.1 Å². The Hall–Kier alpha value is -3.61. The number of hydrogen-bond donors (Lipinski definition) is 2. The van der Waals surface area contributed by atoms with Crippen molar-refractivity contribution in [2.75, 3.05) is 23.7 Å². The average Bonchev–Trinajstić information content (AvgIpc) is 3.11. The minimum absolute atomic E-state index is 0.0326. The number of imidazole rings is 1. The van der Waals surface area contributed by atoms with Gasteiger partial charge in [-0.3, -0.25) is 9.36 Å². The molecule has 1 aliphatic rings. The van der Waals surface area contributed by atoms with Gasteiger partial charge in [0.1, 0.15) is 0 Å². The molecule has 0 bridgehead atoms. The molecule has 3 heterocycles. The van der Waals surface area contributed by atoms with E-state index in [1.54, 1.807) is 4.57 Å². The molecular formula is C20H22F3N7O3. The smallest absolute Gasteiger partial charge is 0.437 e. The van der Waals surface area contributed by atoms with Crippen LogP contribution in [-0.2, 0) is 22.8 Å². The van der Waals surface area contributed by atoms with Crippen LogP contribution in [0.5, 0.6) is 0 Å². The first-order valence-electron chi connectivity index (χ1n) is 10.2. The summed E-state index contributed by atoms with van der Waals surface area (Å²) in [7, 11) is 0. The number of piperidine rings is 1. The molecule has 1 aliphatic heterocycles. The number of carbonyl (C=O) groups is 1. The van der Waals surface area contributed by atoms with Crippen LogP contribution >= 0.6 is 0 Å². The number of fused-ring (bicyclic) bond motifs is 1. The summed E-state index contributed by atoms with van der Waals surface area (Å²) in [5, 5.41) is 0. The number of rotatable bonds is 5. The van der Waals surface area contributed by atoms with E-state index in [0.29, 0.717) is 23.6 Å². The van der Waals surface area contributed by atoms with Crippen LogP contribution in [-0.4, -0.2) is 50.4 Å². The Kier molecular flexibility index (Phi) is 5.97. The van der Waals surface area contributed by atoms with Crippen molar-refractivity contribution in [3.8, 4) is 0 Å². The molecule has 13 heteroatoms. The molecule has 1 fully saturated rings. The molecule has 2 aromatic heterocycles. The monoisotopic (exact) mass is 465 g/mol. The fourth-order valence-electron chi connectivity index (χ4n) is 3.80. The molecule has 0 amide bonds. The van der Waals surface area contributed by atoms with Crippen LogP contribution in [0.1, 0.15) is 18.4 Å². The van der Waals surface area contributed by atoms with Crippen molar-refractivity contribution < 1.29 is 22.7 Å². The molecule has 3 aromatic rings. The van der Waals surface area contributed by atoms with Gasteiger partial charge < -0.3 is 21.1 Å². The molecule has 0 aliphatic carbocycles. The summed E-state index contributed by atoms with van der Waals surface area (Å²) in [6.45, 7) is 0.400. The molecule has 10 nitrogen and oxygen atoms in total. The number of esters is 1. The number of ether oxygens (including phenoxy) is 1. The van der Waals surface area contributed by atoms with Gasteiger partial charge in [-0.25, -0.2) is 9.36 Å². The van der Waals surface area contributed by atoms with Gasteiger partial charge in [-0.15, -0.1) is 0 Å². The van der Waals surface area contributed by atoms with E-state index in [1.807, 2.05) is 35.2 Å². The second kappa shape index (κ2) is 8.73. The van der Waals surface area contributed by atoms with Gasteiger partial charge >= 0.3 is 12.1 Å². The maximum atomic E-state index is 13.2. The number of benzene rings is 1. The SMILES string of the molecule is Nc1nc2nc(N3CCCC(N)C3)n(Cc3ccccc3)c2c(=O)n1COC(=O)C(F)(F)F. The van der Waals surface area contributed by atoms with Crippen molar-refractivity contribution in [3.63, 3.8) is 0 Å². The van der Waals surface area contributed by atoms with Gasteiger partial charge in [0.15, 0.2) is 17.9 Å². The molecule has 4 N–H and O–H groups in total. The van der Waals surface area contributed by atoms with Gasteiger partial charge in [0, 0.05) is 19.1 Å². The summed E-state index contributed by atoms with van der Waals surface area (Å²) in [5.74, 6) is -2.40. The molecule has 0 spiro atoms. The molecule has 176 valence electrons. The van der Waals surface area contributed by atoms with Gasteiger partial charge in [0.05, 0.1) is 6.54 Å². The Morgan fingerprint density at radius 3 is 2.58 bits per heavy atom. The van der Waals surface area contributed by atoms with Crippen LogP contribution in [0.2, 0.25) is 0 Å². The third-order valence-corrected chi connectivity index (χ3v) is 5.35. The lowest BCUT2D eigenvalue weighted by molar-refractivity contribution is -0.203. The van der Waals surface area contributed by atoms with E-state index >= 15 is 0 Å². The minimum Gasteiger partial charge on any atom is -0.437 e. The van der Waals surface area contributed by atoms with Crippen molar-refractivity contribution in [2.45, 2.75) is 38.3 Å². The first-order valence-corrected chi connectivity index (χ1v) is 10.2. The van der Waals surface area contributed by atoms with Crippen molar-refractivity contribution in [1.82, 2.24) is 19.1 Å². The molecule has 1 unspecified atom stereocenters. The van der Waals surface area contributed by atoms with Crippen LogP contribution in [0.3, 0.4) is 0 Å². The second-order valence-electron chi connectivity index (χ2n) is 7.77. The summed E-state index contributed by atoms with van der Waals surface area (Å²) in [4.78, 5) is 34.9. The molecule has 4 rings (SSSR count). The molecule has 0 radical (unpaired) electrons. The number of halogens is 3. The highest BCUT2D eigenvalue weighted by Gasteiger charge is 2.41. The fraction of sp³-hybridized carbons (Fsp3) is 0.400. The van der Waals surface area contributed by atoms with Crippen LogP contribution in [0.15, 0.2) is 35.1 Å². The zero-order chi connectivity index (χ0) is 23.8. The Bertz CT molecular complexity index is 1220. The van der Waals surface area contributed by atoms with Gasteiger partial charge in [0.25, 0.3) is 5.56 Å². The molecule has 33 heavy (non-hydrogen) atoms. The summed E-state index contributed by atoms with van der Waals surface area (Å²) >= 11 is 0. The Balaban J connectivity index is 1.81. The third-order valence-electron chi connectivity index (χ3n) is 5.35. The van der Waals surface area contributed by atoms with Gasteiger partial charge in [-0.05, 0) is 18.4 Å². The number of alkyl halides is 3. The molecule has 0 saturated carbocycles. The lowest BCUT2D eigenvalue weighted by Crippen LogP contribution is -2.44. The Labute approximate surface area is 185 Å². The first-order chi connectivity index (χ1) is 15.6. The van der Waals surface area contributed by atoms with E-state index in [1.165, 1.54) is 0 Å². The number of anilines is 2. The highest BCUT2D eigenvalue weighted by molar-refractivity contribution is 5.76. The predicted octanol–water partition coefficient (Wildman–Crippen LogP) is 1.21. The Morgan fingerprint density at radius 2 is 1.91 bits per heavy atom. The fourth-order valence-corrected chi connectivity index (χ4v) is 3.80. The predicted molar refractivity (Wildman–Crippen MR) is 113 cm³/mol. The maximum absolute atomic E-state index is 13.2. The average molecular weight is 465 g/mol. The number of nitrogens with zero attached hydrogens (tertiary/aromatic N) is 5. The lowest BCUT2D eigenvalue weighted by Gasteiger charge is -2.31. The molecule has 1 atom stereocenters. The van der Waals surface area contributed by atoms with E-state index in [2.05, 4.69) is 14.7 Å². The zero-order valence-corrected chi connectivity index (χ0v) is 17.5. The van der Waals surface area contributed by atoms with Crippen molar-refractivity contribution >= 4 is 29.0 Å². The van der Waals surface area contributed by atoms with E-state index in [0.717, 1.165) is 18.4 Å². The largest absolute Gasteiger partial charge is 0.490 e. The summed E-state index contributed by atoms with van der Waals surface area (Å²) < 4.78 is 44.1. The van der Waals surface area contributed by atoms with E-state index in [9.17, 15) is 22.8 Å². The van der Waals surface area contributed by atoms with Crippen LogP contribution in [0, 0.1) is 0 Å². The molecule has 1 saturated heterocycles. The first kappa shape index (κ1) is 22.6. The van der Waals surface area contributed by atoms with Crippen LogP contribution < -0.4 is 21.9 Å². The highest BCUT2D eigenvalue weighted by atomic mass is 19.4. The quantitative estimate of drug-likeness (QED) is 0.537. The van der Waals surface area contributed by atoms with Crippen molar-refractivity contribution in [1.29, 1.82) is 0 Å². The lowest BCUT2D eigenvalue weighted by atomic mass is 10.1. The van der Waals surface area contributed by atoms with Crippen molar-refractivity contribution in [2.24, 2.45) is 5.73 Å². The molecule has 1 aromatic carbocycles. The zero-order valence-electron chi connectivity index (χ0n) is 17.5.